The van der Waals surface area contributed by atoms with Crippen molar-refractivity contribution >= 4 is 15.9 Å². The summed E-state index contributed by atoms with van der Waals surface area (Å²) in [6, 6.07) is 6.98. The molecule has 1 aliphatic rings. The van der Waals surface area contributed by atoms with Crippen LogP contribution in [0.15, 0.2) is 22.7 Å². The van der Waals surface area contributed by atoms with Gasteiger partial charge in [-0.1, -0.05) is 29.8 Å². The summed E-state index contributed by atoms with van der Waals surface area (Å²) in [7, 11) is 1.73. The molecule has 112 valence electrons. The minimum atomic E-state index is 0.698. The molecule has 2 nitrogen and oxygen atoms in total. The van der Waals surface area contributed by atoms with Crippen LogP contribution in [0.5, 0.6) is 5.75 Å². The minimum Gasteiger partial charge on any atom is -0.497 e. The summed E-state index contributed by atoms with van der Waals surface area (Å²) in [6.45, 7) is 5.78. The Morgan fingerprint density at radius 2 is 2.15 bits per heavy atom. The van der Waals surface area contributed by atoms with Crippen LogP contribution < -0.4 is 10.1 Å². The SMILES string of the molecule is CCCNC1CCC(Cc2cc(OC)ccc2Br)C1C. The number of hydrogen-bond donors (Lipinski definition) is 1. The molecule has 0 spiro atoms. The van der Waals surface area contributed by atoms with Crippen LogP contribution in [0.3, 0.4) is 0 Å². The van der Waals surface area contributed by atoms with Crippen molar-refractivity contribution in [1.82, 2.24) is 5.32 Å². The molecule has 1 fully saturated rings. The fourth-order valence-corrected chi connectivity index (χ4v) is 3.68. The molecule has 0 saturated heterocycles. The van der Waals surface area contributed by atoms with Gasteiger partial charge in [-0.05, 0) is 67.8 Å². The van der Waals surface area contributed by atoms with Crippen LogP contribution in [-0.2, 0) is 6.42 Å². The van der Waals surface area contributed by atoms with Crippen LogP contribution in [0.4, 0.5) is 0 Å². The first-order valence-corrected chi connectivity index (χ1v) is 8.50. The van der Waals surface area contributed by atoms with Gasteiger partial charge in [0.1, 0.15) is 5.75 Å². The predicted molar refractivity (Wildman–Crippen MR) is 88.4 cm³/mol. The van der Waals surface area contributed by atoms with Crippen LogP contribution in [0.1, 0.15) is 38.7 Å². The number of nitrogens with one attached hydrogen (secondary N) is 1. The van der Waals surface area contributed by atoms with Gasteiger partial charge in [0.15, 0.2) is 0 Å². The number of rotatable bonds is 6. The molecule has 2 rings (SSSR count). The molecule has 1 saturated carbocycles. The number of hydrogen-bond acceptors (Lipinski definition) is 2. The molecular formula is C17H26BrNO. The molecule has 0 radical (unpaired) electrons. The molecule has 0 amide bonds. The van der Waals surface area contributed by atoms with E-state index in [0.29, 0.717) is 6.04 Å². The molecule has 20 heavy (non-hydrogen) atoms. The lowest BCUT2D eigenvalue weighted by Crippen LogP contribution is -2.33. The molecule has 1 aromatic carbocycles. The van der Waals surface area contributed by atoms with Gasteiger partial charge in [0.05, 0.1) is 7.11 Å². The molecule has 1 N–H and O–H groups in total. The van der Waals surface area contributed by atoms with Crippen LogP contribution >= 0.6 is 15.9 Å². The van der Waals surface area contributed by atoms with Crippen LogP contribution in [-0.4, -0.2) is 19.7 Å². The Balaban J connectivity index is 2.00. The monoisotopic (exact) mass is 339 g/mol. The standard InChI is InChI=1S/C17H26BrNO/c1-4-9-19-17-8-5-13(12(17)2)10-14-11-15(20-3)6-7-16(14)18/h6-7,11-13,17,19H,4-5,8-10H2,1-3H3. The normalized spacial score (nSPS) is 25.9. The van der Waals surface area contributed by atoms with Crippen molar-refractivity contribution in [2.24, 2.45) is 11.8 Å². The van der Waals surface area contributed by atoms with Gasteiger partial charge in [-0.25, -0.2) is 0 Å². The minimum absolute atomic E-state index is 0.698. The summed E-state index contributed by atoms with van der Waals surface area (Å²) in [6.07, 6.45) is 5.00. The van der Waals surface area contributed by atoms with Crippen LogP contribution in [0, 0.1) is 11.8 Å². The highest BCUT2D eigenvalue weighted by Crippen LogP contribution is 2.36. The smallest absolute Gasteiger partial charge is 0.119 e. The zero-order chi connectivity index (χ0) is 14.5. The topological polar surface area (TPSA) is 21.3 Å². The molecule has 1 aliphatic carbocycles. The van der Waals surface area contributed by atoms with E-state index in [1.54, 1.807) is 7.11 Å². The van der Waals surface area contributed by atoms with Gasteiger partial charge in [0.25, 0.3) is 0 Å². The van der Waals surface area contributed by atoms with E-state index in [4.69, 9.17) is 4.74 Å². The lowest BCUT2D eigenvalue weighted by atomic mass is 9.89. The molecule has 0 aliphatic heterocycles. The van der Waals surface area contributed by atoms with E-state index in [1.807, 2.05) is 6.07 Å². The summed E-state index contributed by atoms with van der Waals surface area (Å²) < 4.78 is 6.55. The second-order valence-electron chi connectivity index (χ2n) is 5.92. The first kappa shape index (κ1) is 15.8. The Bertz CT molecular complexity index is 435. The fourth-order valence-electron chi connectivity index (χ4n) is 3.27. The third kappa shape index (κ3) is 3.76. The zero-order valence-corrected chi connectivity index (χ0v) is 14.4. The van der Waals surface area contributed by atoms with Crippen molar-refractivity contribution in [1.29, 1.82) is 0 Å². The maximum absolute atomic E-state index is 5.34. The largest absolute Gasteiger partial charge is 0.497 e. The third-order valence-corrected chi connectivity index (χ3v) is 5.39. The Morgan fingerprint density at radius 3 is 2.85 bits per heavy atom. The predicted octanol–water partition coefficient (Wildman–Crippen LogP) is 4.41. The molecule has 3 heteroatoms. The zero-order valence-electron chi connectivity index (χ0n) is 12.8. The van der Waals surface area contributed by atoms with Crippen molar-refractivity contribution < 1.29 is 4.74 Å². The second kappa shape index (κ2) is 7.46. The highest BCUT2D eigenvalue weighted by Gasteiger charge is 2.32. The molecule has 0 bridgehead atoms. The van der Waals surface area contributed by atoms with E-state index < -0.39 is 0 Å². The molecular weight excluding hydrogens is 314 g/mol. The summed E-state index contributed by atoms with van der Waals surface area (Å²) in [5.74, 6) is 2.47. The first-order valence-electron chi connectivity index (χ1n) is 7.71. The Kier molecular flexibility index (Phi) is 5.91. The third-order valence-electron chi connectivity index (χ3n) is 4.62. The molecule has 3 atom stereocenters. The van der Waals surface area contributed by atoms with Crippen molar-refractivity contribution in [2.75, 3.05) is 13.7 Å². The molecule has 1 aromatic rings. The summed E-state index contributed by atoms with van der Waals surface area (Å²) in [4.78, 5) is 0. The number of ether oxygens (including phenoxy) is 1. The second-order valence-corrected chi connectivity index (χ2v) is 6.77. The van der Waals surface area contributed by atoms with Gasteiger partial charge < -0.3 is 10.1 Å². The molecule has 0 heterocycles. The summed E-state index contributed by atoms with van der Waals surface area (Å²) >= 11 is 3.67. The lowest BCUT2D eigenvalue weighted by Gasteiger charge is -2.22. The summed E-state index contributed by atoms with van der Waals surface area (Å²) in [5.41, 5.74) is 1.37. The van der Waals surface area contributed by atoms with E-state index in [0.717, 1.165) is 30.6 Å². The lowest BCUT2D eigenvalue weighted by molar-refractivity contribution is 0.350. The van der Waals surface area contributed by atoms with E-state index in [1.165, 1.54) is 29.3 Å². The van der Waals surface area contributed by atoms with E-state index in [-0.39, 0.29) is 0 Å². The van der Waals surface area contributed by atoms with Gasteiger partial charge in [0.2, 0.25) is 0 Å². The number of methoxy groups -OCH3 is 1. The average molecular weight is 340 g/mol. The molecule has 0 aromatic heterocycles. The van der Waals surface area contributed by atoms with Crippen molar-refractivity contribution in [3.63, 3.8) is 0 Å². The Hall–Kier alpha value is -0.540. The van der Waals surface area contributed by atoms with Crippen molar-refractivity contribution in [3.8, 4) is 5.75 Å². The quantitative estimate of drug-likeness (QED) is 0.828. The van der Waals surface area contributed by atoms with Crippen molar-refractivity contribution in [3.05, 3.63) is 28.2 Å². The Labute approximate surface area is 131 Å². The maximum atomic E-state index is 5.34. The fraction of sp³-hybridized carbons (Fsp3) is 0.647. The van der Waals surface area contributed by atoms with Crippen molar-refractivity contribution in [2.45, 2.75) is 45.6 Å². The van der Waals surface area contributed by atoms with Gasteiger partial charge in [0, 0.05) is 10.5 Å². The average Bonchev–Trinajstić information content (AvgIpc) is 2.80. The maximum Gasteiger partial charge on any atom is 0.119 e. The van der Waals surface area contributed by atoms with Gasteiger partial charge in [-0.3, -0.25) is 0 Å². The highest BCUT2D eigenvalue weighted by molar-refractivity contribution is 9.10. The van der Waals surface area contributed by atoms with E-state index >= 15 is 0 Å². The number of benzene rings is 1. The van der Waals surface area contributed by atoms with Gasteiger partial charge in [-0.15, -0.1) is 0 Å². The van der Waals surface area contributed by atoms with Crippen LogP contribution in [0.2, 0.25) is 0 Å². The summed E-state index contributed by atoms with van der Waals surface area (Å²) in [5, 5.41) is 3.70. The van der Waals surface area contributed by atoms with E-state index in [2.05, 4.69) is 47.2 Å². The first-order chi connectivity index (χ1) is 9.65. The number of halogens is 1. The van der Waals surface area contributed by atoms with Gasteiger partial charge >= 0.3 is 0 Å². The Morgan fingerprint density at radius 1 is 1.35 bits per heavy atom. The van der Waals surface area contributed by atoms with E-state index in [9.17, 15) is 0 Å². The van der Waals surface area contributed by atoms with Crippen LogP contribution in [0.25, 0.3) is 0 Å². The van der Waals surface area contributed by atoms with Gasteiger partial charge in [-0.2, -0.15) is 0 Å². The highest BCUT2D eigenvalue weighted by atomic mass is 79.9. The molecule has 3 unspecified atom stereocenters.